The van der Waals surface area contributed by atoms with Gasteiger partial charge in [0, 0.05) is 19.8 Å². The van der Waals surface area contributed by atoms with Crippen LogP contribution in [0.25, 0.3) is 0 Å². The molecule has 1 N–H and O–H groups in total. The van der Waals surface area contributed by atoms with E-state index >= 15 is 0 Å². The molecule has 1 aromatic heterocycles. The Morgan fingerprint density at radius 1 is 1.59 bits per heavy atom. The summed E-state index contributed by atoms with van der Waals surface area (Å²) in [5.41, 5.74) is 0.321. The summed E-state index contributed by atoms with van der Waals surface area (Å²) >= 11 is 0. The topological polar surface area (TPSA) is 58.4 Å². The minimum absolute atomic E-state index is 0.652. The van der Waals surface area contributed by atoms with Crippen molar-refractivity contribution in [2.24, 2.45) is 7.05 Å². The molecule has 1 aliphatic rings. The summed E-state index contributed by atoms with van der Waals surface area (Å²) in [7, 11) is 1.89. The fourth-order valence-corrected chi connectivity index (χ4v) is 2.42. The number of likely N-dealkylation sites (tertiary alicyclic amines) is 1. The number of carbonyl (C=O) groups is 1. The van der Waals surface area contributed by atoms with Crippen LogP contribution in [0.15, 0.2) is 12.3 Å². The third kappa shape index (κ3) is 2.20. The zero-order chi connectivity index (χ0) is 12.5. The second kappa shape index (κ2) is 4.49. The van der Waals surface area contributed by atoms with E-state index < -0.39 is 11.5 Å². The molecule has 1 atom stereocenters. The van der Waals surface area contributed by atoms with Crippen LogP contribution in [0.5, 0.6) is 0 Å². The highest BCUT2D eigenvalue weighted by molar-refractivity contribution is 5.78. The number of hydrogen-bond donors (Lipinski definition) is 1. The average Bonchev–Trinajstić information content (AvgIpc) is 2.68. The van der Waals surface area contributed by atoms with Crippen molar-refractivity contribution in [3.63, 3.8) is 0 Å². The first-order chi connectivity index (χ1) is 8.04. The van der Waals surface area contributed by atoms with Gasteiger partial charge in [0.05, 0.1) is 5.69 Å². The Balaban J connectivity index is 2.18. The van der Waals surface area contributed by atoms with Gasteiger partial charge in [-0.3, -0.25) is 14.4 Å². The predicted octanol–water partition coefficient (Wildman–Crippen LogP) is 1.25. The molecule has 0 aliphatic carbocycles. The maximum absolute atomic E-state index is 11.4. The molecular formula is C12H19N3O2. The molecule has 1 aliphatic heterocycles. The van der Waals surface area contributed by atoms with E-state index in [2.05, 4.69) is 10.00 Å². The fraction of sp³-hybridized carbons (Fsp3) is 0.667. The Morgan fingerprint density at radius 2 is 2.35 bits per heavy atom. The largest absolute Gasteiger partial charge is 0.480 e. The molecule has 0 radical (unpaired) electrons. The molecule has 1 aromatic rings. The Bertz CT molecular complexity index is 416. The van der Waals surface area contributed by atoms with E-state index in [0.717, 1.165) is 31.5 Å². The van der Waals surface area contributed by atoms with Crippen molar-refractivity contribution >= 4 is 5.97 Å². The third-order valence-corrected chi connectivity index (χ3v) is 3.78. The van der Waals surface area contributed by atoms with E-state index in [0.29, 0.717) is 6.54 Å². The normalized spacial score (nSPS) is 26.0. The Morgan fingerprint density at radius 3 is 2.94 bits per heavy atom. The molecule has 5 heteroatoms. The highest BCUT2D eigenvalue weighted by atomic mass is 16.4. The van der Waals surface area contributed by atoms with Crippen LogP contribution in [0, 0.1) is 0 Å². The van der Waals surface area contributed by atoms with E-state index in [1.54, 1.807) is 10.9 Å². The summed E-state index contributed by atoms with van der Waals surface area (Å²) in [5.74, 6) is -0.723. The maximum atomic E-state index is 11.4. The zero-order valence-corrected chi connectivity index (χ0v) is 10.4. The van der Waals surface area contributed by atoms with Gasteiger partial charge in [-0.05, 0) is 38.8 Å². The van der Waals surface area contributed by atoms with Crippen molar-refractivity contribution in [2.75, 3.05) is 6.54 Å². The third-order valence-electron chi connectivity index (χ3n) is 3.78. The van der Waals surface area contributed by atoms with Crippen molar-refractivity contribution in [1.29, 1.82) is 0 Å². The smallest absolute Gasteiger partial charge is 0.323 e. The summed E-state index contributed by atoms with van der Waals surface area (Å²) in [6.07, 6.45) is 4.53. The minimum Gasteiger partial charge on any atom is -0.480 e. The molecule has 0 aromatic carbocycles. The van der Waals surface area contributed by atoms with Gasteiger partial charge in [-0.25, -0.2) is 0 Å². The number of aromatic nitrogens is 2. The summed E-state index contributed by atoms with van der Waals surface area (Å²) in [4.78, 5) is 13.5. The highest BCUT2D eigenvalue weighted by Crippen LogP contribution is 2.29. The molecule has 94 valence electrons. The van der Waals surface area contributed by atoms with Gasteiger partial charge in [-0.15, -0.1) is 0 Å². The number of aryl methyl sites for hydroxylation is 1. The van der Waals surface area contributed by atoms with Crippen LogP contribution in [-0.2, 0) is 18.4 Å². The predicted molar refractivity (Wildman–Crippen MR) is 63.5 cm³/mol. The molecule has 1 saturated heterocycles. The number of aliphatic carboxylic acids is 1. The van der Waals surface area contributed by atoms with Crippen LogP contribution >= 0.6 is 0 Å². The molecule has 5 nitrogen and oxygen atoms in total. The standard InChI is InChI=1S/C12H19N3O2/c1-12(11(16)17)6-3-4-8-15(12)9-10-5-7-13-14(10)2/h5,7H,3-4,6,8-9H2,1-2H3,(H,16,17). The van der Waals surface area contributed by atoms with Crippen molar-refractivity contribution in [2.45, 2.75) is 38.3 Å². The SMILES string of the molecule is Cn1nccc1CN1CCCCC1(C)C(=O)O. The van der Waals surface area contributed by atoms with Gasteiger partial charge in [-0.2, -0.15) is 5.10 Å². The van der Waals surface area contributed by atoms with Gasteiger partial charge in [-0.1, -0.05) is 0 Å². The van der Waals surface area contributed by atoms with Gasteiger partial charge in [0.15, 0.2) is 0 Å². The van der Waals surface area contributed by atoms with Gasteiger partial charge < -0.3 is 5.11 Å². The lowest BCUT2D eigenvalue weighted by atomic mass is 9.88. The number of hydrogen-bond acceptors (Lipinski definition) is 3. The molecule has 2 rings (SSSR count). The molecule has 0 saturated carbocycles. The van der Waals surface area contributed by atoms with E-state index in [-0.39, 0.29) is 0 Å². The van der Waals surface area contributed by atoms with Gasteiger partial charge >= 0.3 is 5.97 Å². The Labute approximate surface area is 101 Å². The number of nitrogens with zero attached hydrogens (tertiary/aromatic N) is 3. The number of carboxylic acid groups (broad SMARTS) is 1. The summed E-state index contributed by atoms with van der Waals surface area (Å²) in [6.45, 7) is 3.32. The monoisotopic (exact) mass is 237 g/mol. The maximum Gasteiger partial charge on any atom is 0.323 e. The van der Waals surface area contributed by atoms with Crippen molar-refractivity contribution < 1.29 is 9.90 Å². The van der Waals surface area contributed by atoms with E-state index in [1.807, 2.05) is 20.0 Å². The average molecular weight is 237 g/mol. The van der Waals surface area contributed by atoms with Gasteiger partial charge in [0.1, 0.15) is 5.54 Å². The van der Waals surface area contributed by atoms with Crippen LogP contribution in [0.3, 0.4) is 0 Å². The molecule has 2 heterocycles. The van der Waals surface area contributed by atoms with Crippen molar-refractivity contribution in [3.8, 4) is 0 Å². The van der Waals surface area contributed by atoms with Crippen molar-refractivity contribution in [3.05, 3.63) is 18.0 Å². The minimum atomic E-state index is -0.734. The quantitative estimate of drug-likeness (QED) is 0.859. The van der Waals surface area contributed by atoms with Crippen LogP contribution in [-0.4, -0.2) is 37.8 Å². The van der Waals surface area contributed by atoms with Gasteiger partial charge in [0.25, 0.3) is 0 Å². The second-order valence-corrected chi connectivity index (χ2v) is 4.90. The van der Waals surface area contributed by atoms with E-state index in [9.17, 15) is 9.90 Å². The molecule has 1 fully saturated rings. The molecule has 1 unspecified atom stereocenters. The lowest BCUT2D eigenvalue weighted by Crippen LogP contribution is -2.54. The van der Waals surface area contributed by atoms with Crippen LogP contribution in [0.2, 0.25) is 0 Å². The Hall–Kier alpha value is -1.36. The first kappa shape index (κ1) is 12.1. The van der Waals surface area contributed by atoms with Crippen LogP contribution in [0.1, 0.15) is 31.9 Å². The first-order valence-electron chi connectivity index (χ1n) is 5.99. The summed E-state index contributed by atoms with van der Waals surface area (Å²) in [5, 5.41) is 13.5. The second-order valence-electron chi connectivity index (χ2n) is 4.90. The van der Waals surface area contributed by atoms with Gasteiger partial charge in [0.2, 0.25) is 0 Å². The first-order valence-corrected chi connectivity index (χ1v) is 5.99. The molecular weight excluding hydrogens is 218 g/mol. The molecule has 0 amide bonds. The summed E-state index contributed by atoms with van der Waals surface area (Å²) < 4.78 is 1.80. The Kier molecular flexibility index (Phi) is 3.19. The van der Waals surface area contributed by atoms with Crippen molar-refractivity contribution in [1.82, 2.24) is 14.7 Å². The van der Waals surface area contributed by atoms with Crippen LogP contribution in [0.4, 0.5) is 0 Å². The number of piperidine rings is 1. The fourth-order valence-electron chi connectivity index (χ4n) is 2.42. The lowest BCUT2D eigenvalue weighted by Gasteiger charge is -2.41. The molecule has 17 heavy (non-hydrogen) atoms. The molecule has 0 bridgehead atoms. The van der Waals surface area contributed by atoms with Crippen LogP contribution < -0.4 is 0 Å². The highest BCUT2D eigenvalue weighted by Gasteiger charge is 2.41. The van der Waals surface area contributed by atoms with E-state index in [1.165, 1.54) is 0 Å². The summed E-state index contributed by atoms with van der Waals surface area (Å²) in [6, 6.07) is 1.94. The number of carboxylic acids is 1. The van der Waals surface area contributed by atoms with E-state index in [4.69, 9.17) is 0 Å². The zero-order valence-electron chi connectivity index (χ0n) is 10.4. The number of rotatable bonds is 3. The molecule has 0 spiro atoms. The lowest BCUT2D eigenvalue weighted by molar-refractivity contribution is -0.153.